The van der Waals surface area contributed by atoms with E-state index < -0.39 is 43.2 Å². The van der Waals surface area contributed by atoms with E-state index in [0.29, 0.717) is 32.4 Å². The molecule has 4 unspecified atom stereocenters. The molecule has 0 aromatic carbocycles. The van der Waals surface area contributed by atoms with Crippen LogP contribution < -0.4 is 10.6 Å². The molecule has 2 fully saturated rings. The van der Waals surface area contributed by atoms with Crippen LogP contribution in [0.1, 0.15) is 45.4 Å². The van der Waals surface area contributed by atoms with Gasteiger partial charge in [-0.15, -0.1) is 0 Å². The van der Waals surface area contributed by atoms with E-state index in [1.807, 2.05) is 0 Å². The Balaban J connectivity index is 1.66. The molecular weight excluding hydrogens is 424 g/mol. The Bertz CT molecular complexity index is 577. The van der Waals surface area contributed by atoms with Crippen molar-refractivity contribution in [3.05, 3.63) is 0 Å². The van der Waals surface area contributed by atoms with Gasteiger partial charge in [-0.2, -0.15) is 0 Å². The molecule has 0 saturated carbocycles. The highest BCUT2D eigenvalue weighted by Crippen LogP contribution is 2.22. The molecule has 0 aromatic heterocycles. The second kappa shape index (κ2) is 14.0. The molecule has 186 valence electrons. The molecule has 0 spiro atoms. The lowest BCUT2D eigenvalue weighted by Crippen LogP contribution is -2.64. The molecule has 11 nitrogen and oxygen atoms in total. The van der Waals surface area contributed by atoms with Crippen LogP contribution in [0.5, 0.6) is 0 Å². The molecule has 7 atom stereocenters. The summed E-state index contributed by atoms with van der Waals surface area (Å²) in [7, 11) is 1.65. The van der Waals surface area contributed by atoms with Crippen LogP contribution in [0, 0.1) is 0 Å². The van der Waals surface area contributed by atoms with Crippen molar-refractivity contribution in [1.82, 2.24) is 10.6 Å². The molecule has 0 aromatic rings. The zero-order valence-electron chi connectivity index (χ0n) is 18.9. The largest absolute Gasteiger partial charge is 0.394 e. The molecule has 0 aliphatic carbocycles. The first-order valence-corrected chi connectivity index (χ1v) is 11.3. The number of carbonyl (C=O) groups excluding carboxylic acids is 2. The molecule has 0 radical (unpaired) electrons. The molecule has 32 heavy (non-hydrogen) atoms. The zero-order chi connectivity index (χ0) is 23.5. The van der Waals surface area contributed by atoms with Gasteiger partial charge < -0.3 is 44.9 Å². The van der Waals surface area contributed by atoms with Crippen LogP contribution in [0.2, 0.25) is 0 Å². The molecule has 2 aliphatic rings. The van der Waals surface area contributed by atoms with Gasteiger partial charge in [0, 0.05) is 33.6 Å². The lowest BCUT2D eigenvalue weighted by Gasteiger charge is -2.42. The summed E-state index contributed by atoms with van der Waals surface area (Å²) >= 11 is 0. The summed E-state index contributed by atoms with van der Waals surface area (Å²) in [5.41, 5.74) is 0. The first-order chi connectivity index (χ1) is 15.3. The van der Waals surface area contributed by atoms with Crippen molar-refractivity contribution in [1.29, 1.82) is 0 Å². The topological polar surface area (TPSA) is 156 Å². The number of carbonyl (C=O) groups is 2. The fourth-order valence-corrected chi connectivity index (χ4v) is 3.96. The summed E-state index contributed by atoms with van der Waals surface area (Å²) in [6.07, 6.45) is -0.230. The molecular formula is C21H38N2O9. The van der Waals surface area contributed by atoms with Gasteiger partial charge in [0.25, 0.3) is 0 Å². The third-order valence-electron chi connectivity index (χ3n) is 5.65. The number of aliphatic hydroxyl groups excluding tert-OH is 3. The van der Waals surface area contributed by atoms with E-state index in [1.165, 1.54) is 6.92 Å². The fourth-order valence-electron chi connectivity index (χ4n) is 3.96. The maximum Gasteiger partial charge on any atom is 0.220 e. The predicted molar refractivity (Wildman–Crippen MR) is 113 cm³/mol. The van der Waals surface area contributed by atoms with Crippen molar-refractivity contribution < 1.29 is 43.9 Å². The van der Waals surface area contributed by atoms with E-state index in [1.54, 1.807) is 7.11 Å². The minimum atomic E-state index is -1.35. The number of amides is 2. The molecule has 2 saturated heterocycles. The first-order valence-electron chi connectivity index (χ1n) is 11.3. The molecule has 11 heteroatoms. The Labute approximate surface area is 188 Å². The van der Waals surface area contributed by atoms with Crippen LogP contribution in [0.15, 0.2) is 0 Å². The standard InChI is InChI=1S/C21H38N2O9/c1-13(25)23-18-20(28)19(27)16(11-24)32-21(18)30-9-4-3-8-17(26)22-10-14-6-5-7-15(31-14)12-29-2/h14-16,18-21,24,27-28H,3-12H2,1-2H3,(H,22,26)(H,23,25)/t14-,15+,16-,18?,19?,20?,21?/m1/s1. The Kier molecular flexibility index (Phi) is 11.8. The molecule has 2 rings (SSSR count). The van der Waals surface area contributed by atoms with Crippen LogP contribution >= 0.6 is 0 Å². The monoisotopic (exact) mass is 462 g/mol. The minimum absolute atomic E-state index is 0.00610. The van der Waals surface area contributed by atoms with Gasteiger partial charge in [-0.1, -0.05) is 0 Å². The first kappa shape index (κ1) is 26.9. The van der Waals surface area contributed by atoms with E-state index in [2.05, 4.69) is 10.6 Å². The molecule has 2 heterocycles. The van der Waals surface area contributed by atoms with Crippen LogP contribution in [-0.2, 0) is 28.5 Å². The van der Waals surface area contributed by atoms with Crippen LogP contribution in [0.3, 0.4) is 0 Å². The number of hydrogen-bond donors (Lipinski definition) is 5. The number of aliphatic hydroxyl groups is 3. The number of unbranched alkanes of at least 4 members (excludes halogenated alkanes) is 1. The Morgan fingerprint density at radius 1 is 1.09 bits per heavy atom. The van der Waals surface area contributed by atoms with Crippen molar-refractivity contribution in [3.63, 3.8) is 0 Å². The van der Waals surface area contributed by atoms with E-state index in [4.69, 9.17) is 18.9 Å². The lowest BCUT2D eigenvalue weighted by molar-refractivity contribution is -0.270. The highest BCUT2D eigenvalue weighted by atomic mass is 16.7. The zero-order valence-corrected chi connectivity index (χ0v) is 18.9. The average Bonchev–Trinajstić information content (AvgIpc) is 2.77. The van der Waals surface area contributed by atoms with Gasteiger partial charge in [0.05, 0.1) is 25.4 Å². The molecule has 5 N–H and O–H groups in total. The molecule has 0 bridgehead atoms. The Morgan fingerprint density at radius 2 is 1.84 bits per heavy atom. The summed E-state index contributed by atoms with van der Waals surface area (Å²) in [4.78, 5) is 23.5. The van der Waals surface area contributed by atoms with Crippen LogP contribution in [0.4, 0.5) is 0 Å². The molecule has 2 amide bonds. The van der Waals surface area contributed by atoms with Crippen molar-refractivity contribution in [2.24, 2.45) is 0 Å². The number of hydrogen-bond acceptors (Lipinski definition) is 9. The second-order valence-corrected chi connectivity index (χ2v) is 8.33. The minimum Gasteiger partial charge on any atom is -0.394 e. The van der Waals surface area contributed by atoms with Gasteiger partial charge in [-0.25, -0.2) is 0 Å². The number of methoxy groups -OCH3 is 1. The lowest BCUT2D eigenvalue weighted by atomic mass is 9.97. The van der Waals surface area contributed by atoms with Crippen molar-refractivity contribution in [2.75, 3.05) is 33.5 Å². The summed E-state index contributed by atoms with van der Waals surface area (Å²) in [5, 5.41) is 35.0. The van der Waals surface area contributed by atoms with E-state index >= 15 is 0 Å². The normalized spacial score (nSPS) is 33.0. The Hall–Kier alpha value is -1.34. The van der Waals surface area contributed by atoms with Crippen LogP contribution in [0.25, 0.3) is 0 Å². The van der Waals surface area contributed by atoms with Crippen molar-refractivity contribution in [3.8, 4) is 0 Å². The predicted octanol–water partition coefficient (Wildman–Crippen LogP) is -1.18. The van der Waals surface area contributed by atoms with E-state index in [9.17, 15) is 24.9 Å². The second-order valence-electron chi connectivity index (χ2n) is 8.33. The Morgan fingerprint density at radius 3 is 2.53 bits per heavy atom. The number of ether oxygens (including phenoxy) is 4. The smallest absolute Gasteiger partial charge is 0.220 e. The number of nitrogens with one attached hydrogen (secondary N) is 2. The highest BCUT2D eigenvalue weighted by molar-refractivity contribution is 5.75. The maximum absolute atomic E-state index is 12.1. The third kappa shape index (κ3) is 8.54. The average molecular weight is 463 g/mol. The SMILES string of the molecule is COC[C@@H]1CCC[C@H](CNC(=O)CCCCOC2O[C@H](CO)C(O)C(O)C2NC(C)=O)O1. The maximum atomic E-state index is 12.1. The number of rotatable bonds is 12. The fraction of sp³-hybridized carbons (Fsp3) is 0.905. The van der Waals surface area contributed by atoms with Gasteiger partial charge in [-0.3, -0.25) is 9.59 Å². The van der Waals surface area contributed by atoms with Crippen LogP contribution in [-0.4, -0.2) is 103 Å². The summed E-state index contributed by atoms with van der Waals surface area (Å²) in [6, 6.07) is -0.967. The summed E-state index contributed by atoms with van der Waals surface area (Å²) < 4.78 is 22.2. The van der Waals surface area contributed by atoms with Gasteiger partial charge in [0.2, 0.25) is 11.8 Å². The quantitative estimate of drug-likeness (QED) is 0.225. The highest BCUT2D eigenvalue weighted by Gasteiger charge is 2.45. The van der Waals surface area contributed by atoms with Gasteiger partial charge >= 0.3 is 0 Å². The molecule has 2 aliphatic heterocycles. The third-order valence-corrected chi connectivity index (χ3v) is 5.65. The van der Waals surface area contributed by atoms with Crippen molar-refractivity contribution in [2.45, 2.75) is 88.3 Å². The van der Waals surface area contributed by atoms with E-state index in [-0.39, 0.29) is 24.7 Å². The van der Waals surface area contributed by atoms with E-state index in [0.717, 1.165) is 19.3 Å². The van der Waals surface area contributed by atoms with Crippen molar-refractivity contribution >= 4 is 11.8 Å². The van der Waals surface area contributed by atoms with Gasteiger partial charge in [0.1, 0.15) is 24.4 Å². The summed E-state index contributed by atoms with van der Waals surface area (Å²) in [5.74, 6) is -0.473. The van der Waals surface area contributed by atoms with Gasteiger partial charge in [-0.05, 0) is 32.1 Å². The van der Waals surface area contributed by atoms with Gasteiger partial charge in [0.15, 0.2) is 6.29 Å². The summed E-state index contributed by atoms with van der Waals surface area (Å²) in [6.45, 7) is 2.05.